The molecule has 1 aromatic carbocycles. The van der Waals surface area contributed by atoms with Gasteiger partial charge in [-0.2, -0.15) is 0 Å². The lowest BCUT2D eigenvalue weighted by molar-refractivity contribution is 0.0779. The third-order valence-corrected chi connectivity index (χ3v) is 5.45. The zero-order chi connectivity index (χ0) is 19.6. The van der Waals surface area contributed by atoms with Gasteiger partial charge in [0.05, 0.1) is 29.0 Å². The predicted octanol–water partition coefficient (Wildman–Crippen LogP) is 0.851. The van der Waals surface area contributed by atoms with Crippen molar-refractivity contribution >= 4 is 16.9 Å². The van der Waals surface area contributed by atoms with Crippen LogP contribution in [0.3, 0.4) is 0 Å². The molecule has 3 rings (SSSR count). The standard InChI is InChI=1S/C20H28N4O3/c1-13-14(2)22-19-8-15(4-5-18(19)21-13)20(27)24-10-16(17(11-24)12-26)9-23(3)6-7-25/h4-5,8,16-17,25-26H,6-7,9-12H2,1-3H3/t16-,17-/m1/s1. The minimum Gasteiger partial charge on any atom is -0.396 e. The summed E-state index contributed by atoms with van der Waals surface area (Å²) in [6, 6.07) is 5.44. The van der Waals surface area contributed by atoms with Crippen molar-refractivity contribution in [3.63, 3.8) is 0 Å². The molecule has 146 valence electrons. The molecule has 1 fully saturated rings. The molecule has 0 bridgehead atoms. The van der Waals surface area contributed by atoms with E-state index in [0.717, 1.165) is 29.0 Å². The highest BCUT2D eigenvalue weighted by Crippen LogP contribution is 2.26. The van der Waals surface area contributed by atoms with Crippen LogP contribution in [0.4, 0.5) is 0 Å². The topological polar surface area (TPSA) is 89.8 Å². The van der Waals surface area contributed by atoms with Crippen molar-refractivity contribution in [3.8, 4) is 0 Å². The van der Waals surface area contributed by atoms with Crippen molar-refractivity contribution in [3.05, 3.63) is 35.2 Å². The van der Waals surface area contributed by atoms with Crippen LogP contribution in [0.1, 0.15) is 21.7 Å². The molecule has 0 unspecified atom stereocenters. The number of aliphatic hydroxyl groups excluding tert-OH is 2. The number of fused-ring (bicyclic) bond motifs is 1. The molecular weight excluding hydrogens is 344 g/mol. The Hall–Kier alpha value is -2.09. The SMILES string of the molecule is Cc1nc2ccc(C(=O)N3C[C@@H](CN(C)CCO)[C@@H](CO)C3)cc2nc1C. The summed E-state index contributed by atoms with van der Waals surface area (Å²) in [6.45, 7) is 6.49. The highest BCUT2D eigenvalue weighted by atomic mass is 16.3. The van der Waals surface area contributed by atoms with E-state index in [0.29, 0.717) is 25.2 Å². The average Bonchev–Trinajstić information content (AvgIpc) is 3.04. The van der Waals surface area contributed by atoms with Gasteiger partial charge in [-0.1, -0.05) is 0 Å². The van der Waals surface area contributed by atoms with Crippen molar-refractivity contribution in [2.45, 2.75) is 13.8 Å². The number of carbonyl (C=O) groups excluding carboxylic acids is 1. The maximum absolute atomic E-state index is 13.0. The fourth-order valence-corrected chi connectivity index (χ4v) is 3.73. The molecule has 1 saturated heterocycles. The van der Waals surface area contributed by atoms with Crippen molar-refractivity contribution < 1.29 is 15.0 Å². The number of nitrogens with zero attached hydrogens (tertiary/aromatic N) is 4. The second-order valence-electron chi connectivity index (χ2n) is 7.50. The van der Waals surface area contributed by atoms with Crippen LogP contribution in [0.25, 0.3) is 11.0 Å². The van der Waals surface area contributed by atoms with Gasteiger partial charge in [-0.25, -0.2) is 9.97 Å². The summed E-state index contributed by atoms with van der Waals surface area (Å²) in [5.41, 5.74) is 3.86. The number of aromatic nitrogens is 2. The maximum Gasteiger partial charge on any atom is 0.253 e. The predicted molar refractivity (Wildman–Crippen MR) is 104 cm³/mol. The van der Waals surface area contributed by atoms with Gasteiger partial charge in [0.1, 0.15) is 0 Å². The largest absolute Gasteiger partial charge is 0.396 e. The maximum atomic E-state index is 13.0. The molecule has 1 amide bonds. The van der Waals surface area contributed by atoms with E-state index in [1.165, 1.54) is 0 Å². The summed E-state index contributed by atoms with van der Waals surface area (Å²) < 4.78 is 0. The number of aryl methyl sites for hydroxylation is 2. The summed E-state index contributed by atoms with van der Waals surface area (Å²) in [6.07, 6.45) is 0. The second kappa shape index (κ2) is 8.29. The first-order valence-corrected chi connectivity index (χ1v) is 9.37. The molecule has 1 aliphatic rings. The fourth-order valence-electron chi connectivity index (χ4n) is 3.73. The van der Waals surface area contributed by atoms with Crippen LogP contribution in [0.2, 0.25) is 0 Å². The molecule has 2 N–H and O–H groups in total. The van der Waals surface area contributed by atoms with E-state index in [-0.39, 0.29) is 31.0 Å². The Balaban J connectivity index is 1.77. The minimum atomic E-state index is -0.0392. The summed E-state index contributed by atoms with van der Waals surface area (Å²) in [5, 5.41) is 18.8. The Labute approximate surface area is 159 Å². The fraction of sp³-hybridized carbons (Fsp3) is 0.550. The number of aliphatic hydroxyl groups is 2. The molecule has 0 saturated carbocycles. The number of carbonyl (C=O) groups is 1. The molecule has 1 aliphatic heterocycles. The number of likely N-dealkylation sites (N-methyl/N-ethyl adjacent to an activating group) is 1. The van der Waals surface area contributed by atoms with E-state index in [9.17, 15) is 9.90 Å². The molecule has 1 aromatic heterocycles. The zero-order valence-corrected chi connectivity index (χ0v) is 16.2. The lowest BCUT2D eigenvalue weighted by Gasteiger charge is -2.23. The molecule has 0 spiro atoms. The Morgan fingerprint density at radius 3 is 2.48 bits per heavy atom. The normalized spacial score (nSPS) is 20.0. The van der Waals surface area contributed by atoms with Crippen LogP contribution in [0.15, 0.2) is 18.2 Å². The first-order chi connectivity index (χ1) is 12.9. The van der Waals surface area contributed by atoms with Crippen molar-refractivity contribution in [1.82, 2.24) is 19.8 Å². The molecule has 0 radical (unpaired) electrons. The molecule has 27 heavy (non-hydrogen) atoms. The van der Waals surface area contributed by atoms with Gasteiger partial charge >= 0.3 is 0 Å². The number of likely N-dealkylation sites (tertiary alicyclic amines) is 1. The third kappa shape index (κ3) is 4.26. The lowest BCUT2D eigenvalue weighted by atomic mass is 9.96. The van der Waals surface area contributed by atoms with E-state index >= 15 is 0 Å². The van der Waals surface area contributed by atoms with Gasteiger partial charge in [-0.3, -0.25) is 4.79 Å². The van der Waals surface area contributed by atoms with E-state index in [1.54, 1.807) is 12.1 Å². The Morgan fingerprint density at radius 2 is 1.81 bits per heavy atom. The number of benzene rings is 1. The van der Waals surface area contributed by atoms with Gasteiger partial charge in [0.25, 0.3) is 5.91 Å². The van der Waals surface area contributed by atoms with E-state index in [1.807, 2.05) is 36.8 Å². The number of hydrogen-bond donors (Lipinski definition) is 2. The molecule has 7 nitrogen and oxygen atoms in total. The number of rotatable bonds is 6. The van der Waals surface area contributed by atoms with Crippen LogP contribution < -0.4 is 0 Å². The summed E-state index contributed by atoms with van der Waals surface area (Å²) in [4.78, 5) is 25.9. The monoisotopic (exact) mass is 372 g/mol. The average molecular weight is 372 g/mol. The van der Waals surface area contributed by atoms with Gasteiger partial charge in [-0.15, -0.1) is 0 Å². The minimum absolute atomic E-state index is 0.0392. The molecule has 2 heterocycles. The highest BCUT2D eigenvalue weighted by molar-refractivity contribution is 5.97. The summed E-state index contributed by atoms with van der Waals surface area (Å²) in [5.74, 6) is 0.212. The van der Waals surface area contributed by atoms with Crippen molar-refractivity contribution in [1.29, 1.82) is 0 Å². The molecule has 0 aliphatic carbocycles. The van der Waals surface area contributed by atoms with Gasteiger partial charge in [0, 0.05) is 44.3 Å². The van der Waals surface area contributed by atoms with Crippen molar-refractivity contribution in [2.24, 2.45) is 11.8 Å². The van der Waals surface area contributed by atoms with Gasteiger partial charge in [0.2, 0.25) is 0 Å². The van der Waals surface area contributed by atoms with Gasteiger partial charge < -0.3 is 20.0 Å². The van der Waals surface area contributed by atoms with Crippen LogP contribution in [0, 0.1) is 25.7 Å². The summed E-state index contributed by atoms with van der Waals surface area (Å²) in [7, 11) is 1.95. The Morgan fingerprint density at radius 1 is 1.15 bits per heavy atom. The van der Waals surface area contributed by atoms with E-state index in [2.05, 4.69) is 9.97 Å². The molecule has 2 aromatic rings. The van der Waals surface area contributed by atoms with Crippen LogP contribution in [0.5, 0.6) is 0 Å². The van der Waals surface area contributed by atoms with Crippen LogP contribution in [-0.4, -0.2) is 82.3 Å². The number of amides is 1. The second-order valence-corrected chi connectivity index (χ2v) is 7.50. The molecule has 2 atom stereocenters. The van der Waals surface area contributed by atoms with Crippen LogP contribution in [-0.2, 0) is 0 Å². The lowest BCUT2D eigenvalue weighted by Crippen LogP contribution is -2.33. The number of hydrogen-bond acceptors (Lipinski definition) is 6. The smallest absolute Gasteiger partial charge is 0.253 e. The first kappa shape index (κ1) is 19.7. The first-order valence-electron chi connectivity index (χ1n) is 9.37. The van der Waals surface area contributed by atoms with Crippen LogP contribution >= 0.6 is 0 Å². The van der Waals surface area contributed by atoms with Gasteiger partial charge in [-0.05, 0) is 45.0 Å². The van der Waals surface area contributed by atoms with E-state index in [4.69, 9.17) is 5.11 Å². The Bertz CT molecular complexity index is 826. The molecular formula is C20H28N4O3. The van der Waals surface area contributed by atoms with E-state index < -0.39 is 0 Å². The summed E-state index contributed by atoms with van der Waals surface area (Å²) >= 11 is 0. The van der Waals surface area contributed by atoms with Gasteiger partial charge in [0.15, 0.2) is 0 Å². The highest BCUT2D eigenvalue weighted by Gasteiger charge is 2.35. The Kier molecular flexibility index (Phi) is 6.04. The quantitative estimate of drug-likeness (QED) is 0.781. The molecule has 7 heteroatoms. The third-order valence-electron chi connectivity index (χ3n) is 5.45. The van der Waals surface area contributed by atoms with Crippen molar-refractivity contribution in [2.75, 3.05) is 46.4 Å². The zero-order valence-electron chi connectivity index (χ0n) is 16.2.